The molecule has 1 aliphatic rings. The van der Waals surface area contributed by atoms with Gasteiger partial charge in [-0.2, -0.15) is 0 Å². The molecule has 1 aromatic carbocycles. The number of nitrogens with one attached hydrogen (secondary N) is 1. The van der Waals surface area contributed by atoms with E-state index < -0.39 is 4.92 Å². The van der Waals surface area contributed by atoms with Gasteiger partial charge in [-0.3, -0.25) is 20.2 Å². The minimum Gasteiger partial charge on any atom is -1.00 e. The number of pyridine rings is 1. The zero-order valence-electron chi connectivity index (χ0n) is 11.7. The predicted molar refractivity (Wildman–Crippen MR) is 76.3 cm³/mol. The molecule has 7 heteroatoms. The fraction of sp³-hybridized carbons (Fsp3) is 0.200. The van der Waals surface area contributed by atoms with E-state index >= 15 is 0 Å². The first-order valence-corrected chi connectivity index (χ1v) is 6.68. The number of hydrogen-bond donors (Lipinski definition) is 1. The maximum atomic E-state index is 12.3. The second kappa shape index (κ2) is 6.65. The molecule has 22 heavy (non-hydrogen) atoms. The third kappa shape index (κ3) is 3.14. The van der Waals surface area contributed by atoms with Crippen molar-refractivity contribution in [2.75, 3.05) is 11.9 Å². The number of ketones is 1. The molecule has 1 N–H and O–H groups in total. The Morgan fingerprint density at radius 1 is 1.27 bits per heavy atom. The normalized spacial score (nSPS) is 12.0. The number of Topliss-reactive ketones (excluding diaryl/α,β-unsaturated/α-hetero) is 1. The van der Waals surface area contributed by atoms with Crippen LogP contribution in [0, 0.1) is 10.1 Å². The molecule has 0 spiro atoms. The van der Waals surface area contributed by atoms with Crippen molar-refractivity contribution < 1.29 is 31.3 Å². The van der Waals surface area contributed by atoms with Crippen molar-refractivity contribution in [3.8, 4) is 0 Å². The van der Waals surface area contributed by atoms with E-state index in [2.05, 4.69) is 5.32 Å². The lowest BCUT2D eigenvalue weighted by Gasteiger charge is -2.04. The average Bonchev–Trinajstić information content (AvgIpc) is 2.97. The third-order valence-electron chi connectivity index (χ3n) is 3.56. The number of anilines is 1. The van der Waals surface area contributed by atoms with E-state index in [1.165, 1.54) is 29.8 Å². The summed E-state index contributed by atoms with van der Waals surface area (Å²) in [5.41, 5.74) is 1.67. The number of hydrogen-bond acceptors (Lipinski definition) is 4. The van der Waals surface area contributed by atoms with Crippen LogP contribution in [-0.4, -0.2) is 17.3 Å². The Morgan fingerprint density at radius 2 is 2.00 bits per heavy atom. The fourth-order valence-electron chi connectivity index (χ4n) is 2.48. The zero-order valence-corrected chi connectivity index (χ0v) is 13.2. The molecule has 0 atom stereocenters. The van der Waals surface area contributed by atoms with Gasteiger partial charge >= 0.3 is 0 Å². The van der Waals surface area contributed by atoms with Crippen molar-refractivity contribution in [3.05, 3.63) is 63.8 Å². The van der Waals surface area contributed by atoms with Gasteiger partial charge in [0.1, 0.15) is 0 Å². The van der Waals surface area contributed by atoms with E-state index in [1.54, 1.807) is 0 Å². The van der Waals surface area contributed by atoms with Crippen molar-refractivity contribution in [1.82, 2.24) is 0 Å². The first kappa shape index (κ1) is 16.1. The molecule has 2 heterocycles. The maximum absolute atomic E-state index is 12.3. The fourth-order valence-corrected chi connectivity index (χ4v) is 2.48. The summed E-state index contributed by atoms with van der Waals surface area (Å²) >= 11 is 0. The van der Waals surface area contributed by atoms with Gasteiger partial charge in [0.05, 0.1) is 17.7 Å². The van der Waals surface area contributed by atoms with E-state index in [0.29, 0.717) is 5.56 Å². The van der Waals surface area contributed by atoms with Gasteiger partial charge in [0.25, 0.3) is 11.5 Å². The first-order valence-electron chi connectivity index (χ1n) is 6.68. The Kier molecular flexibility index (Phi) is 4.87. The van der Waals surface area contributed by atoms with Crippen LogP contribution >= 0.6 is 0 Å². The number of rotatable bonds is 4. The van der Waals surface area contributed by atoms with Crippen molar-refractivity contribution in [1.29, 1.82) is 0 Å². The quantitative estimate of drug-likeness (QED) is 0.318. The van der Waals surface area contributed by atoms with E-state index in [9.17, 15) is 14.9 Å². The van der Waals surface area contributed by atoms with Gasteiger partial charge in [0, 0.05) is 29.7 Å². The molecule has 2 aromatic rings. The van der Waals surface area contributed by atoms with Crippen LogP contribution in [0.2, 0.25) is 0 Å². The van der Waals surface area contributed by atoms with Gasteiger partial charge in [-0.15, -0.1) is 0 Å². The van der Waals surface area contributed by atoms with E-state index in [-0.39, 0.29) is 35.0 Å². The molecule has 0 unspecified atom stereocenters. The number of benzene rings is 1. The van der Waals surface area contributed by atoms with Crippen LogP contribution in [0.1, 0.15) is 15.9 Å². The highest BCUT2D eigenvalue weighted by Gasteiger charge is 2.22. The summed E-state index contributed by atoms with van der Waals surface area (Å²) in [6.45, 7) is 1.10. The standard InChI is InChI=1S/C15H13N3O3.BrH/c19-14(11-3-5-13(6-4-11)18(20)21)10-17-9-1-2-12-7-8-16-15(12)17;/h1-6,9H,7-8,10H2;1H. The summed E-state index contributed by atoms with van der Waals surface area (Å²) in [7, 11) is 0. The molecule has 0 radical (unpaired) electrons. The smallest absolute Gasteiger partial charge is 0.278 e. The largest absolute Gasteiger partial charge is 1.00 e. The highest BCUT2D eigenvalue weighted by atomic mass is 79.9. The Morgan fingerprint density at radius 3 is 2.68 bits per heavy atom. The van der Waals surface area contributed by atoms with Gasteiger partial charge < -0.3 is 17.0 Å². The molecule has 6 nitrogen and oxygen atoms in total. The topological polar surface area (TPSA) is 76.1 Å². The number of nitrogens with zero attached hydrogens (tertiary/aromatic N) is 2. The summed E-state index contributed by atoms with van der Waals surface area (Å²) in [6, 6.07) is 9.67. The second-order valence-corrected chi connectivity index (χ2v) is 4.91. The summed E-state index contributed by atoms with van der Waals surface area (Å²) in [5.74, 6) is 0.907. The highest BCUT2D eigenvalue weighted by molar-refractivity contribution is 5.95. The molecule has 3 rings (SSSR count). The van der Waals surface area contributed by atoms with Crippen LogP contribution < -0.4 is 26.9 Å². The Balaban J connectivity index is 0.00000176. The minimum atomic E-state index is -0.475. The minimum absolute atomic E-state index is 0. The Hall–Kier alpha value is -2.28. The molecule has 1 aliphatic heterocycles. The number of fused-ring (bicyclic) bond motifs is 1. The van der Waals surface area contributed by atoms with Gasteiger partial charge in [-0.1, -0.05) is 0 Å². The van der Waals surface area contributed by atoms with Crippen LogP contribution in [0.4, 0.5) is 11.5 Å². The summed E-state index contributed by atoms with van der Waals surface area (Å²) in [5, 5.41) is 13.9. The predicted octanol–water partition coefficient (Wildman–Crippen LogP) is -1.26. The second-order valence-electron chi connectivity index (χ2n) is 4.91. The number of carbonyl (C=O) groups excluding carboxylic acids is 1. The molecule has 0 amide bonds. The summed E-state index contributed by atoms with van der Waals surface area (Å²) < 4.78 is 1.88. The molecular formula is C15H14BrN3O3. The molecule has 0 saturated heterocycles. The zero-order chi connectivity index (χ0) is 14.8. The monoisotopic (exact) mass is 363 g/mol. The van der Waals surface area contributed by atoms with Crippen molar-refractivity contribution in [2.45, 2.75) is 13.0 Å². The number of carbonyl (C=O) groups is 1. The lowest BCUT2D eigenvalue weighted by Crippen LogP contribution is -3.00. The van der Waals surface area contributed by atoms with Crippen LogP contribution in [0.3, 0.4) is 0 Å². The van der Waals surface area contributed by atoms with E-state index in [1.807, 2.05) is 22.9 Å². The SMILES string of the molecule is O=C(C[n+]1cccc2c1NCC2)c1ccc([N+](=O)[O-])cc1.[Br-]. The van der Waals surface area contributed by atoms with E-state index in [0.717, 1.165) is 18.8 Å². The van der Waals surface area contributed by atoms with Gasteiger partial charge in [-0.05, 0) is 24.3 Å². The number of halogens is 1. The highest BCUT2D eigenvalue weighted by Crippen LogP contribution is 2.17. The number of aromatic nitrogens is 1. The van der Waals surface area contributed by atoms with Gasteiger partial charge in [-0.25, -0.2) is 4.57 Å². The van der Waals surface area contributed by atoms with Crippen LogP contribution in [0.25, 0.3) is 0 Å². The summed E-state index contributed by atoms with van der Waals surface area (Å²) in [4.78, 5) is 22.4. The lowest BCUT2D eigenvalue weighted by molar-refractivity contribution is -0.669. The van der Waals surface area contributed by atoms with Crippen LogP contribution in [0.15, 0.2) is 42.6 Å². The third-order valence-corrected chi connectivity index (χ3v) is 3.56. The first-order chi connectivity index (χ1) is 10.1. The Bertz CT molecular complexity index is 716. The summed E-state index contributed by atoms with van der Waals surface area (Å²) in [6.07, 6.45) is 2.82. The van der Waals surface area contributed by atoms with Crippen molar-refractivity contribution >= 4 is 17.3 Å². The molecular weight excluding hydrogens is 350 g/mol. The average molecular weight is 364 g/mol. The van der Waals surface area contributed by atoms with Crippen molar-refractivity contribution in [3.63, 3.8) is 0 Å². The number of non-ortho nitro benzene ring substituents is 1. The molecule has 0 fully saturated rings. The molecule has 0 aliphatic carbocycles. The molecule has 1 aromatic heterocycles. The number of nitro groups is 1. The Labute approximate surface area is 137 Å². The molecule has 0 bridgehead atoms. The van der Waals surface area contributed by atoms with Gasteiger partial charge in [0.15, 0.2) is 6.54 Å². The van der Waals surface area contributed by atoms with Crippen LogP contribution in [-0.2, 0) is 13.0 Å². The number of nitro benzene ring substituents is 1. The molecule has 0 saturated carbocycles. The van der Waals surface area contributed by atoms with E-state index in [4.69, 9.17) is 0 Å². The maximum Gasteiger partial charge on any atom is 0.278 e. The lowest BCUT2D eigenvalue weighted by atomic mass is 10.1. The van der Waals surface area contributed by atoms with Gasteiger partial charge in [0.2, 0.25) is 5.78 Å². The van der Waals surface area contributed by atoms with Crippen molar-refractivity contribution in [2.24, 2.45) is 0 Å². The molecule has 114 valence electrons. The van der Waals surface area contributed by atoms with Crippen LogP contribution in [0.5, 0.6) is 0 Å².